The molecule has 134 valence electrons. The van der Waals surface area contributed by atoms with Gasteiger partial charge in [0.05, 0.1) is 12.7 Å². The fourth-order valence-electron chi connectivity index (χ4n) is 2.44. The van der Waals surface area contributed by atoms with Crippen molar-refractivity contribution in [3.63, 3.8) is 0 Å². The molecule has 0 radical (unpaired) electrons. The number of nitrogens with zero attached hydrogens (tertiary/aromatic N) is 3. The molecule has 0 atom stereocenters. The second-order valence-corrected chi connectivity index (χ2v) is 5.74. The standard InChI is InChI=1S/C18H26N6O/c1-14-12-23-24(13-14)10-9-22-18(20-3)21-8-7-15-5-4-6-16(11-15)17(25)19-2/h4-6,11-13H,7-10H2,1-3H3,(H,19,25)(H2,20,21,22). The predicted octanol–water partition coefficient (Wildman–Crippen LogP) is 0.959. The van der Waals surface area contributed by atoms with E-state index in [1.807, 2.05) is 48.3 Å². The van der Waals surface area contributed by atoms with Gasteiger partial charge in [-0.3, -0.25) is 14.5 Å². The Balaban J connectivity index is 1.74. The summed E-state index contributed by atoms with van der Waals surface area (Å²) in [6, 6.07) is 7.65. The minimum absolute atomic E-state index is 0.0684. The Morgan fingerprint density at radius 2 is 2.08 bits per heavy atom. The van der Waals surface area contributed by atoms with Gasteiger partial charge in [-0.15, -0.1) is 0 Å². The summed E-state index contributed by atoms with van der Waals surface area (Å²) in [6.45, 7) is 4.28. The first kappa shape index (κ1) is 18.5. The summed E-state index contributed by atoms with van der Waals surface area (Å²) in [4.78, 5) is 15.9. The van der Waals surface area contributed by atoms with Crippen molar-refractivity contribution in [2.45, 2.75) is 19.9 Å². The highest BCUT2D eigenvalue weighted by atomic mass is 16.1. The quantitative estimate of drug-likeness (QED) is 0.517. The van der Waals surface area contributed by atoms with Gasteiger partial charge in [-0.2, -0.15) is 5.10 Å². The summed E-state index contributed by atoms with van der Waals surface area (Å²) in [7, 11) is 3.39. The van der Waals surface area contributed by atoms with Gasteiger partial charge in [0, 0.05) is 38.9 Å². The molecule has 1 aromatic heterocycles. The van der Waals surface area contributed by atoms with E-state index in [9.17, 15) is 4.79 Å². The van der Waals surface area contributed by atoms with Crippen LogP contribution in [0, 0.1) is 6.92 Å². The molecular formula is C18H26N6O. The molecule has 0 aliphatic carbocycles. The Morgan fingerprint density at radius 3 is 2.76 bits per heavy atom. The lowest BCUT2D eigenvalue weighted by molar-refractivity contribution is 0.0963. The number of hydrogen-bond donors (Lipinski definition) is 3. The summed E-state index contributed by atoms with van der Waals surface area (Å²) in [5, 5.41) is 13.4. The summed E-state index contributed by atoms with van der Waals surface area (Å²) in [6.07, 6.45) is 4.67. The van der Waals surface area contributed by atoms with Crippen molar-refractivity contribution in [3.8, 4) is 0 Å². The van der Waals surface area contributed by atoms with Gasteiger partial charge in [-0.05, 0) is 36.6 Å². The minimum Gasteiger partial charge on any atom is -0.356 e. The van der Waals surface area contributed by atoms with E-state index < -0.39 is 0 Å². The summed E-state index contributed by atoms with van der Waals surface area (Å²) in [5.41, 5.74) is 2.94. The molecule has 25 heavy (non-hydrogen) atoms. The largest absolute Gasteiger partial charge is 0.356 e. The van der Waals surface area contributed by atoms with Crippen LogP contribution in [0.4, 0.5) is 0 Å². The third kappa shape index (κ3) is 5.95. The van der Waals surface area contributed by atoms with E-state index in [1.54, 1.807) is 14.1 Å². The molecule has 1 amide bonds. The molecule has 0 aliphatic rings. The molecule has 1 aromatic carbocycles. The van der Waals surface area contributed by atoms with Crippen molar-refractivity contribution in [2.24, 2.45) is 4.99 Å². The third-order valence-corrected chi connectivity index (χ3v) is 3.74. The lowest BCUT2D eigenvalue weighted by Crippen LogP contribution is -2.39. The van der Waals surface area contributed by atoms with Crippen molar-refractivity contribution in [1.82, 2.24) is 25.7 Å². The van der Waals surface area contributed by atoms with Gasteiger partial charge in [0.1, 0.15) is 0 Å². The van der Waals surface area contributed by atoms with Crippen LogP contribution in [0.25, 0.3) is 0 Å². The molecule has 0 aliphatic heterocycles. The number of guanidine groups is 1. The van der Waals surface area contributed by atoms with Gasteiger partial charge < -0.3 is 16.0 Å². The Labute approximate surface area is 148 Å². The van der Waals surface area contributed by atoms with E-state index in [-0.39, 0.29) is 5.91 Å². The third-order valence-electron chi connectivity index (χ3n) is 3.74. The molecule has 2 rings (SSSR count). The first-order valence-electron chi connectivity index (χ1n) is 8.37. The van der Waals surface area contributed by atoms with Gasteiger partial charge in [0.25, 0.3) is 5.91 Å². The van der Waals surface area contributed by atoms with E-state index >= 15 is 0 Å². The van der Waals surface area contributed by atoms with Crippen LogP contribution in [0.5, 0.6) is 0 Å². The lowest BCUT2D eigenvalue weighted by Gasteiger charge is -2.12. The Bertz CT molecular complexity index is 722. The number of nitrogens with one attached hydrogen (secondary N) is 3. The average molecular weight is 342 g/mol. The molecule has 1 heterocycles. The smallest absolute Gasteiger partial charge is 0.251 e. The van der Waals surface area contributed by atoms with Crippen molar-refractivity contribution < 1.29 is 4.79 Å². The van der Waals surface area contributed by atoms with Gasteiger partial charge in [-0.25, -0.2) is 0 Å². The fourth-order valence-corrected chi connectivity index (χ4v) is 2.44. The second kappa shape index (κ2) is 9.46. The molecule has 0 spiro atoms. The van der Waals surface area contributed by atoms with Crippen molar-refractivity contribution in [1.29, 1.82) is 0 Å². The first-order chi connectivity index (χ1) is 12.1. The molecule has 7 nitrogen and oxygen atoms in total. The maximum absolute atomic E-state index is 11.7. The molecule has 0 fully saturated rings. The molecule has 0 bridgehead atoms. The highest BCUT2D eigenvalue weighted by Gasteiger charge is 2.04. The van der Waals surface area contributed by atoms with Gasteiger partial charge in [0.15, 0.2) is 5.96 Å². The Morgan fingerprint density at radius 1 is 1.28 bits per heavy atom. The summed E-state index contributed by atoms with van der Waals surface area (Å²) in [5.74, 6) is 0.687. The van der Waals surface area contributed by atoms with Crippen molar-refractivity contribution in [2.75, 3.05) is 27.2 Å². The lowest BCUT2D eigenvalue weighted by atomic mass is 10.1. The Kier molecular flexibility index (Phi) is 7.00. The van der Waals surface area contributed by atoms with Crippen LogP contribution in [0.15, 0.2) is 41.7 Å². The van der Waals surface area contributed by atoms with Crippen LogP contribution in [-0.4, -0.2) is 48.8 Å². The van der Waals surface area contributed by atoms with Crippen LogP contribution < -0.4 is 16.0 Å². The highest BCUT2D eigenvalue weighted by molar-refractivity contribution is 5.94. The number of aryl methyl sites for hydroxylation is 1. The number of benzene rings is 1. The molecule has 3 N–H and O–H groups in total. The number of carbonyl (C=O) groups excluding carboxylic acids is 1. The fraction of sp³-hybridized carbons (Fsp3) is 0.389. The molecule has 0 unspecified atom stereocenters. The van der Waals surface area contributed by atoms with Crippen LogP contribution in [0.3, 0.4) is 0 Å². The molecular weight excluding hydrogens is 316 g/mol. The monoisotopic (exact) mass is 342 g/mol. The van der Waals surface area contributed by atoms with Crippen molar-refractivity contribution in [3.05, 3.63) is 53.3 Å². The van der Waals surface area contributed by atoms with Crippen LogP contribution in [0.2, 0.25) is 0 Å². The van der Waals surface area contributed by atoms with E-state index in [0.29, 0.717) is 5.56 Å². The van der Waals surface area contributed by atoms with E-state index in [2.05, 4.69) is 26.0 Å². The number of aromatic nitrogens is 2. The molecule has 2 aromatic rings. The Hall–Kier alpha value is -2.83. The number of aliphatic imine (C=N–C) groups is 1. The maximum Gasteiger partial charge on any atom is 0.251 e. The summed E-state index contributed by atoms with van der Waals surface area (Å²) < 4.78 is 1.90. The molecule has 0 saturated heterocycles. The highest BCUT2D eigenvalue weighted by Crippen LogP contribution is 2.05. The van der Waals surface area contributed by atoms with Gasteiger partial charge in [0.2, 0.25) is 0 Å². The topological polar surface area (TPSA) is 83.3 Å². The molecule has 7 heteroatoms. The van der Waals surface area contributed by atoms with Crippen LogP contribution >= 0.6 is 0 Å². The number of amides is 1. The number of rotatable bonds is 7. The van der Waals surface area contributed by atoms with E-state index in [1.165, 1.54) is 0 Å². The first-order valence-corrected chi connectivity index (χ1v) is 8.37. The van der Waals surface area contributed by atoms with Gasteiger partial charge >= 0.3 is 0 Å². The van der Waals surface area contributed by atoms with E-state index in [4.69, 9.17) is 0 Å². The zero-order chi connectivity index (χ0) is 18.1. The van der Waals surface area contributed by atoms with Crippen molar-refractivity contribution >= 4 is 11.9 Å². The zero-order valence-corrected chi connectivity index (χ0v) is 15.0. The molecule has 0 saturated carbocycles. The number of carbonyl (C=O) groups is 1. The zero-order valence-electron chi connectivity index (χ0n) is 15.0. The second-order valence-electron chi connectivity index (χ2n) is 5.74. The van der Waals surface area contributed by atoms with Gasteiger partial charge in [-0.1, -0.05) is 12.1 Å². The SMILES string of the molecule is CN=C(NCCc1cccc(C(=O)NC)c1)NCCn1cc(C)cn1. The minimum atomic E-state index is -0.0684. The maximum atomic E-state index is 11.7. The van der Waals surface area contributed by atoms with E-state index in [0.717, 1.165) is 43.1 Å². The predicted molar refractivity (Wildman–Crippen MR) is 99.9 cm³/mol. The normalized spacial score (nSPS) is 11.2. The average Bonchev–Trinajstić information content (AvgIpc) is 3.05. The number of hydrogen-bond acceptors (Lipinski definition) is 3. The van der Waals surface area contributed by atoms with Crippen LogP contribution in [0.1, 0.15) is 21.5 Å². The summed E-state index contributed by atoms with van der Waals surface area (Å²) >= 11 is 0. The van der Waals surface area contributed by atoms with Crippen LogP contribution in [-0.2, 0) is 13.0 Å².